The molecule has 1 N–H and O–H groups in total. The van der Waals surface area contributed by atoms with Crippen LogP contribution in [0.3, 0.4) is 0 Å². The summed E-state index contributed by atoms with van der Waals surface area (Å²) in [6, 6.07) is 1.70. The van der Waals surface area contributed by atoms with Gasteiger partial charge in [-0.25, -0.2) is 9.97 Å². The van der Waals surface area contributed by atoms with Gasteiger partial charge in [0.2, 0.25) is 5.91 Å². The van der Waals surface area contributed by atoms with Crippen molar-refractivity contribution in [3.8, 4) is 0 Å². The van der Waals surface area contributed by atoms with Crippen LogP contribution >= 0.6 is 23.1 Å². The Morgan fingerprint density at radius 3 is 2.96 bits per heavy atom. The highest BCUT2D eigenvalue weighted by atomic mass is 32.2. The third-order valence-corrected chi connectivity index (χ3v) is 6.45. The van der Waals surface area contributed by atoms with Gasteiger partial charge in [0, 0.05) is 16.3 Å². The highest BCUT2D eigenvalue weighted by molar-refractivity contribution is 8.00. The zero-order valence-corrected chi connectivity index (χ0v) is 15.9. The number of thioether (sulfide) groups is 1. The van der Waals surface area contributed by atoms with Crippen LogP contribution in [0.5, 0.6) is 0 Å². The standard InChI is InChI=1S/C17H18N4O2S2/c1-8-7-13(21-23-8)20-15(22)9(2)24-16-14-11-5-4-6-12(11)25-17(14)19-10(3)18-16/h7,9H,4-6H2,1-3H3,(H,20,21,22)/t9-/m0/s1. The summed E-state index contributed by atoms with van der Waals surface area (Å²) in [6.45, 7) is 5.57. The average molecular weight is 374 g/mol. The Bertz CT molecular complexity index is 963. The van der Waals surface area contributed by atoms with E-state index < -0.39 is 0 Å². The summed E-state index contributed by atoms with van der Waals surface area (Å²) >= 11 is 3.25. The molecule has 3 heterocycles. The van der Waals surface area contributed by atoms with Gasteiger partial charge < -0.3 is 9.84 Å². The summed E-state index contributed by atoms with van der Waals surface area (Å²) in [5.41, 5.74) is 1.38. The summed E-state index contributed by atoms with van der Waals surface area (Å²) < 4.78 is 4.99. The van der Waals surface area contributed by atoms with Gasteiger partial charge in [0.25, 0.3) is 0 Å². The van der Waals surface area contributed by atoms with Crippen LogP contribution in [-0.4, -0.2) is 26.3 Å². The van der Waals surface area contributed by atoms with E-state index in [0.717, 1.165) is 33.9 Å². The maximum Gasteiger partial charge on any atom is 0.238 e. The molecular weight excluding hydrogens is 356 g/mol. The monoisotopic (exact) mass is 374 g/mol. The lowest BCUT2D eigenvalue weighted by molar-refractivity contribution is -0.115. The molecule has 0 spiro atoms. The molecule has 3 aromatic heterocycles. The highest BCUT2D eigenvalue weighted by Gasteiger charge is 2.24. The quantitative estimate of drug-likeness (QED) is 0.551. The Morgan fingerprint density at radius 1 is 1.36 bits per heavy atom. The van der Waals surface area contributed by atoms with E-state index in [1.807, 2.05) is 13.8 Å². The third kappa shape index (κ3) is 3.16. The van der Waals surface area contributed by atoms with E-state index in [4.69, 9.17) is 4.52 Å². The minimum Gasteiger partial charge on any atom is -0.360 e. The molecule has 6 nitrogen and oxygen atoms in total. The topological polar surface area (TPSA) is 80.9 Å². The van der Waals surface area contributed by atoms with Crippen LogP contribution < -0.4 is 5.32 Å². The van der Waals surface area contributed by atoms with E-state index in [0.29, 0.717) is 11.6 Å². The first-order valence-corrected chi connectivity index (χ1v) is 9.90. The second-order valence-corrected chi connectivity index (χ2v) is 8.60. The number of hydrogen-bond donors (Lipinski definition) is 1. The number of hydrogen-bond acceptors (Lipinski definition) is 7. The number of nitrogens with one attached hydrogen (secondary N) is 1. The van der Waals surface area contributed by atoms with Crippen LogP contribution in [0.4, 0.5) is 5.82 Å². The smallest absolute Gasteiger partial charge is 0.238 e. The maximum atomic E-state index is 12.5. The number of aromatic nitrogens is 3. The number of thiophene rings is 1. The Morgan fingerprint density at radius 2 is 2.20 bits per heavy atom. The molecule has 1 aliphatic carbocycles. The molecule has 4 rings (SSSR count). The Kier molecular flexibility index (Phi) is 4.24. The zero-order valence-electron chi connectivity index (χ0n) is 14.3. The number of nitrogens with zero attached hydrogens (tertiary/aromatic N) is 3. The van der Waals surface area contributed by atoms with Gasteiger partial charge in [0.15, 0.2) is 5.82 Å². The Hall–Kier alpha value is -1.93. The summed E-state index contributed by atoms with van der Waals surface area (Å²) in [5.74, 6) is 1.73. The molecule has 25 heavy (non-hydrogen) atoms. The zero-order chi connectivity index (χ0) is 17.6. The minimum absolute atomic E-state index is 0.116. The molecule has 0 aromatic carbocycles. The molecule has 1 aliphatic rings. The molecule has 0 saturated heterocycles. The number of rotatable bonds is 4. The van der Waals surface area contributed by atoms with Crippen LogP contribution in [0.1, 0.15) is 35.4 Å². The van der Waals surface area contributed by atoms with Crippen LogP contribution in [0.25, 0.3) is 10.2 Å². The predicted molar refractivity (Wildman–Crippen MR) is 99.4 cm³/mol. The van der Waals surface area contributed by atoms with E-state index in [2.05, 4.69) is 20.4 Å². The van der Waals surface area contributed by atoms with Crippen molar-refractivity contribution in [2.75, 3.05) is 5.32 Å². The van der Waals surface area contributed by atoms with Gasteiger partial charge in [-0.1, -0.05) is 16.9 Å². The number of amides is 1. The molecule has 0 fully saturated rings. The van der Waals surface area contributed by atoms with Crippen molar-refractivity contribution in [1.82, 2.24) is 15.1 Å². The van der Waals surface area contributed by atoms with Gasteiger partial charge in [-0.15, -0.1) is 11.3 Å². The lowest BCUT2D eigenvalue weighted by atomic mass is 10.2. The van der Waals surface area contributed by atoms with E-state index in [1.54, 1.807) is 24.3 Å². The lowest BCUT2D eigenvalue weighted by Gasteiger charge is -2.11. The average Bonchev–Trinajstić information content (AvgIpc) is 3.22. The van der Waals surface area contributed by atoms with Crippen LogP contribution in [0, 0.1) is 13.8 Å². The van der Waals surface area contributed by atoms with Crippen LogP contribution in [-0.2, 0) is 17.6 Å². The second-order valence-electron chi connectivity index (χ2n) is 6.19. The molecule has 0 aliphatic heterocycles. The van der Waals surface area contributed by atoms with E-state index >= 15 is 0 Å². The molecule has 0 bridgehead atoms. The van der Waals surface area contributed by atoms with E-state index in [9.17, 15) is 4.79 Å². The van der Waals surface area contributed by atoms with Crippen molar-refractivity contribution in [3.63, 3.8) is 0 Å². The first-order valence-electron chi connectivity index (χ1n) is 8.21. The number of carbonyl (C=O) groups excluding carboxylic acids is 1. The molecule has 0 unspecified atom stereocenters. The van der Waals surface area contributed by atoms with Gasteiger partial charge in [0.05, 0.1) is 5.25 Å². The lowest BCUT2D eigenvalue weighted by Crippen LogP contribution is -2.22. The van der Waals surface area contributed by atoms with Crippen LogP contribution in [0.15, 0.2) is 15.6 Å². The van der Waals surface area contributed by atoms with E-state index in [-0.39, 0.29) is 11.2 Å². The number of carbonyl (C=O) groups is 1. The Balaban J connectivity index is 1.60. The number of fused-ring (bicyclic) bond motifs is 3. The first kappa shape index (κ1) is 16.5. The fraction of sp³-hybridized carbons (Fsp3) is 0.412. The summed E-state index contributed by atoms with van der Waals surface area (Å²) in [4.78, 5) is 24.2. The highest BCUT2D eigenvalue weighted by Crippen LogP contribution is 2.41. The van der Waals surface area contributed by atoms with Crippen LogP contribution in [0.2, 0.25) is 0 Å². The largest absolute Gasteiger partial charge is 0.360 e. The summed E-state index contributed by atoms with van der Waals surface area (Å²) in [7, 11) is 0. The molecule has 130 valence electrons. The first-order chi connectivity index (χ1) is 12.0. The van der Waals surface area contributed by atoms with Crippen molar-refractivity contribution in [1.29, 1.82) is 0 Å². The fourth-order valence-electron chi connectivity index (χ4n) is 3.02. The normalized spacial score (nSPS) is 14.7. The molecule has 1 amide bonds. The SMILES string of the molecule is Cc1nc(S[C@@H](C)C(=O)Nc2cc(C)on2)c2c3c(sc2n1)CCC3. The van der Waals surface area contributed by atoms with Gasteiger partial charge in [0.1, 0.15) is 21.4 Å². The summed E-state index contributed by atoms with van der Waals surface area (Å²) in [5, 5.41) is 8.34. The predicted octanol–water partition coefficient (Wildman–Crippen LogP) is 3.90. The summed E-state index contributed by atoms with van der Waals surface area (Å²) in [6.07, 6.45) is 3.39. The third-order valence-electron chi connectivity index (χ3n) is 4.18. The van der Waals surface area contributed by atoms with Crippen molar-refractivity contribution in [2.24, 2.45) is 0 Å². The molecule has 1 atom stereocenters. The van der Waals surface area contributed by atoms with Gasteiger partial charge in [-0.2, -0.15) is 0 Å². The molecule has 3 aromatic rings. The van der Waals surface area contributed by atoms with Gasteiger partial charge in [-0.3, -0.25) is 4.79 Å². The van der Waals surface area contributed by atoms with Crippen molar-refractivity contribution in [3.05, 3.63) is 28.1 Å². The van der Waals surface area contributed by atoms with Crippen molar-refractivity contribution in [2.45, 2.75) is 50.3 Å². The molecule has 0 radical (unpaired) electrons. The fourth-order valence-corrected chi connectivity index (χ4v) is 5.42. The van der Waals surface area contributed by atoms with Crippen molar-refractivity contribution < 1.29 is 9.32 Å². The Labute approximate surface area is 153 Å². The maximum absolute atomic E-state index is 12.5. The second kappa shape index (κ2) is 6.42. The van der Waals surface area contributed by atoms with Gasteiger partial charge in [-0.05, 0) is 45.6 Å². The van der Waals surface area contributed by atoms with Gasteiger partial charge >= 0.3 is 0 Å². The minimum atomic E-state index is -0.300. The number of aryl methyl sites for hydroxylation is 4. The molecule has 8 heteroatoms. The molecule has 0 saturated carbocycles. The number of anilines is 1. The van der Waals surface area contributed by atoms with E-state index in [1.165, 1.54) is 28.6 Å². The van der Waals surface area contributed by atoms with Crippen molar-refractivity contribution >= 4 is 45.0 Å². The molecular formula is C17H18N4O2S2.